The third-order valence-electron chi connectivity index (χ3n) is 1.98. The third kappa shape index (κ3) is 3.50. The molecule has 0 aliphatic rings. The van der Waals surface area contributed by atoms with E-state index in [1.165, 1.54) is 5.57 Å². The smallest absolute Gasteiger partial charge is 0.0657 e. The van der Waals surface area contributed by atoms with E-state index in [0.29, 0.717) is 10.0 Å². The first kappa shape index (κ1) is 12.5. The Morgan fingerprint density at radius 1 is 1.40 bits per heavy atom. The molecule has 4 heteroatoms. The van der Waals surface area contributed by atoms with Crippen molar-refractivity contribution in [2.75, 3.05) is 0 Å². The molecule has 1 aromatic rings. The molecule has 0 aromatic heterocycles. The molecule has 3 N–H and O–H groups in total. The predicted molar refractivity (Wildman–Crippen MR) is 66.0 cm³/mol. The van der Waals surface area contributed by atoms with Gasteiger partial charge in [-0.2, -0.15) is 0 Å². The third-order valence-corrected chi connectivity index (χ3v) is 2.54. The topological polar surface area (TPSA) is 38.0 Å². The molecular formula is C11H14Cl2N2. The van der Waals surface area contributed by atoms with E-state index in [-0.39, 0.29) is 6.04 Å². The standard InChI is InChI=1S/C11H14Cl2N2/c1-7(2)5-11(15-14)9-4-3-8(12)6-10(9)13/h3-6,11,15H,14H2,1-2H3. The number of rotatable bonds is 3. The summed E-state index contributed by atoms with van der Waals surface area (Å²) in [5.41, 5.74) is 4.80. The first-order valence-corrected chi connectivity index (χ1v) is 5.36. The van der Waals surface area contributed by atoms with Gasteiger partial charge in [0.05, 0.1) is 6.04 Å². The van der Waals surface area contributed by atoms with Gasteiger partial charge in [0.2, 0.25) is 0 Å². The highest BCUT2D eigenvalue weighted by molar-refractivity contribution is 6.35. The SMILES string of the molecule is CC(C)=CC(NN)c1ccc(Cl)cc1Cl. The number of nitrogens with two attached hydrogens (primary N) is 1. The van der Waals surface area contributed by atoms with Crippen LogP contribution in [0, 0.1) is 0 Å². The van der Waals surface area contributed by atoms with Crippen molar-refractivity contribution < 1.29 is 0 Å². The Morgan fingerprint density at radius 3 is 2.53 bits per heavy atom. The molecular weight excluding hydrogens is 231 g/mol. The van der Waals surface area contributed by atoms with E-state index in [4.69, 9.17) is 29.0 Å². The largest absolute Gasteiger partial charge is 0.271 e. The van der Waals surface area contributed by atoms with E-state index in [9.17, 15) is 0 Å². The molecule has 0 saturated carbocycles. The number of benzene rings is 1. The summed E-state index contributed by atoms with van der Waals surface area (Å²) in [4.78, 5) is 0. The molecule has 0 amide bonds. The molecule has 82 valence electrons. The second-order valence-electron chi connectivity index (χ2n) is 3.55. The maximum Gasteiger partial charge on any atom is 0.0657 e. The molecule has 0 aliphatic carbocycles. The van der Waals surface area contributed by atoms with Crippen molar-refractivity contribution in [3.05, 3.63) is 45.5 Å². The number of hydrazine groups is 1. The molecule has 0 saturated heterocycles. The summed E-state index contributed by atoms with van der Waals surface area (Å²) >= 11 is 11.9. The van der Waals surface area contributed by atoms with Gasteiger partial charge >= 0.3 is 0 Å². The summed E-state index contributed by atoms with van der Waals surface area (Å²) in [7, 11) is 0. The van der Waals surface area contributed by atoms with Crippen LogP contribution in [0.25, 0.3) is 0 Å². The first-order valence-electron chi connectivity index (χ1n) is 4.60. The van der Waals surface area contributed by atoms with Gasteiger partial charge in [-0.15, -0.1) is 0 Å². The number of hydrogen-bond donors (Lipinski definition) is 2. The van der Waals surface area contributed by atoms with Gasteiger partial charge in [0, 0.05) is 10.0 Å². The zero-order valence-electron chi connectivity index (χ0n) is 8.72. The van der Waals surface area contributed by atoms with Gasteiger partial charge in [-0.1, -0.05) is 40.9 Å². The van der Waals surface area contributed by atoms with Gasteiger partial charge in [0.15, 0.2) is 0 Å². The lowest BCUT2D eigenvalue weighted by molar-refractivity contribution is 0.652. The van der Waals surface area contributed by atoms with Crippen LogP contribution in [0.2, 0.25) is 10.0 Å². The van der Waals surface area contributed by atoms with Crippen molar-refractivity contribution in [2.24, 2.45) is 5.84 Å². The zero-order valence-corrected chi connectivity index (χ0v) is 10.2. The van der Waals surface area contributed by atoms with Crippen molar-refractivity contribution in [3.63, 3.8) is 0 Å². The highest BCUT2D eigenvalue weighted by Gasteiger charge is 2.10. The Kier molecular flexibility index (Phi) is 4.61. The number of nitrogens with one attached hydrogen (secondary N) is 1. The summed E-state index contributed by atoms with van der Waals surface area (Å²) in [6.45, 7) is 4.02. The Balaban J connectivity index is 3.07. The average Bonchev–Trinajstić information content (AvgIpc) is 2.14. The van der Waals surface area contributed by atoms with E-state index >= 15 is 0 Å². The molecule has 0 heterocycles. The average molecular weight is 245 g/mol. The van der Waals surface area contributed by atoms with E-state index in [1.807, 2.05) is 26.0 Å². The number of hydrogen-bond acceptors (Lipinski definition) is 2. The Hall–Kier alpha value is -0.540. The van der Waals surface area contributed by atoms with Gasteiger partial charge in [0.25, 0.3) is 0 Å². The van der Waals surface area contributed by atoms with Crippen LogP contribution in [0.15, 0.2) is 29.8 Å². The molecule has 1 unspecified atom stereocenters. The highest BCUT2D eigenvalue weighted by atomic mass is 35.5. The second kappa shape index (κ2) is 5.52. The molecule has 1 rings (SSSR count). The van der Waals surface area contributed by atoms with Crippen LogP contribution in [-0.2, 0) is 0 Å². The lowest BCUT2D eigenvalue weighted by atomic mass is 10.1. The summed E-state index contributed by atoms with van der Waals surface area (Å²) in [5, 5.41) is 1.24. The normalized spacial score (nSPS) is 12.3. The fraction of sp³-hybridized carbons (Fsp3) is 0.273. The van der Waals surface area contributed by atoms with Crippen LogP contribution in [0.3, 0.4) is 0 Å². The highest BCUT2D eigenvalue weighted by Crippen LogP contribution is 2.27. The Bertz CT molecular complexity index is 371. The summed E-state index contributed by atoms with van der Waals surface area (Å²) in [5.74, 6) is 5.47. The van der Waals surface area contributed by atoms with E-state index in [1.54, 1.807) is 12.1 Å². The van der Waals surface area contributed by atoms with Gasteiger partial charge in [-0.3, -0.25) is 5.84 Å². The maximum atomic E-state index is 6.08. The molecule has 0 fully saturated rings. The first-order chi connectivity index (χ1) is 7.04. The number of halogens is 2. The number of allylic oxidation sites excluding steroid dienone is 1. The zero-order chi connectivity index (χ0) is 11.4. The molecule has 2 nitrogen and oxygen atoms in total. The monoisotopic (exact) mass is 244 g/mol. The van der Waals surface area contributed by atoms with Crippen molar-refractivity contribution in [1.82, 2.24) is 5.43 Å². The molecule has 1 aromatic carbocycles. The minimum absolute atomic E-state index is 0.0835. The molecule has 0 radical (unpaired) electrons. The summed E-state index contributed by atoms with van der Waals surface area (Å²) in [6.07, 6.45) is 2.01. The molecule has 0 bridgehead atoms. The minimum atomic E-state index is -0.0835. The van der Waals surface area contributed by atoms with Gasteiger partial charge in [0.1, 0.15) is 0 Å². The summed E-state index contributed by atoms with van der Waals surface area (Å²) < 4.78 is 0. The van der Waals surface area contributed by atoms with Crippen LogP contribution in [0.4, 0.5) is 0 Å². The van der Waals surface area contributed by atoms with Gasteiger partial charge < -0.3 is 0 Å². The minimum Gasteiger partial charge on any atom is -0.271 e. The van der Waals surface area contributed by atoms with Gasteiger partial charge in [-0.05, 0) is 31.5 Å². The molecule has 15 heavy (non-hydrogen) atoms. The van der Waals surface area contributed by atoms with Crippen LogP contribution < -0.4 is 11.3 Å². The second-order valence-corrected chi connectivity index (χ2v) is 4.40. The molecule has 0 spiro atoms. The van der Waals surface area contributed by atoms with Crippen molar-refractivity contribution in [3.8, 4) is 0 Å². The van der Waals surface area contributed by atoms with Crippen molar-refractivity contribution >= 4 is 23.2 Å². The summed E-state index contributed by atoms with van der Waals surface area (Å²) in [6, 6.07) is 5.29. The van der Waals surface area contributed by atoms with Crippen molar-refractivity contribution in [1.29, 1.82) is 0 Å². The van der Waals surface area contributed by atoms with Crippen LogP contribution in [0.5, 0.6) is 0 Å². The Morgan fingerprint density at radius 2 is 2.07 bits per heavy atom. The lowest BCUT2D eigenvalue weighted by Gasteiger charge is -2.14. The molecule has 1 atom stereocenters. The predicted octanol–water partition coefficient (Wildman–Crippen LogP) is 3.46. The fourth-order valence-corrected chi connectivity index (χ4v) is 1.84. The van der Waals surface area contributed by atoms with Crippen LogP contribution in [0.1, 0.15) is 25.5 Å². The lowest BCUT2D eigenvalue weighted by Crippen LogP contribution is -2.27. The fourth-order valence-electron chi connectivity index (χ4n) is 1.31. The van der Waals surface area contributed by atoms with E-state index < -0.39 is 0 Å². The molecule has 0 aliphatic heterocycles. The van der Waals surface area contributed by atoms with E-state index in [2.05, 4.69) is 5.43 Å². The van der Waals surface area contributed by atoms with Gasteiger partial charge in [-0.25, -0.2) is 5.43 Å². The Labute approximate surface area is 100 Å². The van der Waals surface area contributed by atoms with E-state index in [0.717, 1.165) is 5.56 Å². The van der Waals surface area contributed by atoms with Crippen molar-refractivity contribution in [2.45, 2.75) is 19.9 Å². The van der Waals surface area contributed by atoms with Crippen LogP contribution in [-0.4, -0.2) is 0 Å². The quantitative estimate of drug-likeness (QED) is 0.486. The maximum absolute atomic E-state index is 6.08. The van der Waals surface area contributed by atoms with Crippen LogP contribution >= 0.6 is 23.2 Å².